The summed E-state index contributed by atoms with van der Waals surface area (Å²) in [6, 6.07) is 10.2. The van der Waals surface area contributed by atoms with E-state index in [0.717, 1.165) is 40.3 Å². The van der Waals surface area contributed by atoms with Gasteiger partial charge in [0, 0.05) is 28.6 Å². The maximum atomic E-state index is 5.47. The van der Waals surface area contributed by atoms with Crippen LogP contribution in [0.2, 0.25) is 0 Å². The highest BCUT2D eigenvalue weighted by Crippen LogP contribution is 2.36. The number of nitrogens with zero attached hydrogens (tertiary/aromatic N) is 3. The van der Waals surface area contributed by atoms with E-state index in [4.69, 9.17) is 14.5 Å². The van der Waals surface area contributed by atoms with Gasteiger partial charge in [-0.3, -0.25) is 5.10 Å². The number of rotatable bonds is 6. The number of anilines is 3. The molecule has 4 aromatic rings. The molecule has 1 saturated carbocycles. The van der Waals surface area contributed by atoms with Crippen LogP contribution < -0.4 is 20.1 Å². The molecule has 0 radical (unpaired) electrons. The summed E-state index contributed by atoms with van der Waals surface area (Å²) in [5, 5.41) is 15.7. The molecule has 8 nitrogen and oxygen atoms in total. The molecule has 0 atom stereocenters. The second-order valence-electron chi connectivity index (χ2n) is 6.84. The van der Waals surface area contributed by atoms with E-state index >= 15 is 0 Å². The van der Waals surface area contributed by atoms with Crippen molar-refractivity contribution in [1.82, 2.24) is 20.2 Å². The van der Waals surface area contributed by atoms with Gasteiger partial charge in [-0.2, -0.15) is 10.1 Å². The minimum absolute atomic E-state index is 0.452. The van der Waals surface area contributed by atoms with E-state index in [1.165, 1.54) is 0 Å². The SMILES string of the molecule is COc1cc2nc(NC3CC3)nc(Nc3ccc4[nH]ncc4c3)c2cc1OC. The Balaban J connectivity index is 1.62. The van der Waals surface area contributed by atoms with Crippen molar-refractivity contribution in [3.8, 4) is 11.5 Å². The number of hydrogen-bond acceptors (Lipinski definition) is 7. The molecule has 28 heavy (non-hydrogen) atoms. The lowest BCUT2D eigenvalue weighted by atomic mass is 10.2. The molecule has 0 bridgehead atoms. The molecule has 2 heterocycles. The second-order valence-corrected chi connectivity index (χ2v) is 6.84. The van der Waals surface area contributed by atoms with Gasteiger partial charge in [0.2, 0.25) is 5.95 Å². The van der Waals surface area contributed by atoms with E-state index in [0.29, 0.717) is 29.3 Å². The molecule has 1 aliphatic carbocycles. The number of ether oxygens (including phenoxy) is 2. The molecule has 0 spiro atoms. The Morgan fingerprint density at radius 2 is 1.86 bits per heavy atom. The summed E-state index contributed by atoms with van der Waals surface area (Å²) in [5.41, 5.74) is 2.68. The van der Waals surface area contributed by atoms with Crippen molar-refractivity contribution in [3.05, 3.63) is 36.5 Å². The highest BCUT2D eigenvalue weighted by atomic mass is 16.5. The lowest BCUT2D eigenvalue weighted by Crippen LogP contribution is -2.07. The maximum Gasteiger partial charge on any atom is 0.225 e. The van der Waals surface area contributed by atoms with E-state index in [-0.39, 0.29) is 0 Å². The van der Waals surface area contributed by atoms with E-state index in [9.17, 15) is 0 Å². The minimum Gasteiger partial charge on any atom is -0.493 e. The number of aromatic amines is 1. The van der Waals surface area contributed by atoms with Gasteiger partial charge in [0.25, 0.3) is 0 Å². The van der Waals surface area contributed by atoms with E-state index in [1.54, 1.807) is 20.4 Å². The lowest BCUT2D eigenvalue weighted by molar-refractivity contribution is 0.356. The predicted octanol–water partition coefficient (Wildman–Crippen LogP) is 3.84. The van der Waals surface area contributed by atoms with Crippen molar-refractivity contribution in [1.29, 1.82) is 0 Å². The molecule has 2 aromatic carbocycles. The van der Waals surface area contributed by atoms with Crippen LogP contribution in [0.15, 0.2) is 36.5 Å². The molecule has 0 aliphatic heterocycles. The third kappa shape index (κ3) is 3.02. The van der Waals surface area contributed by atoms with Crippen molar-refractivity contribution in [3.63, 3.8) is 0 Å². The molecular formula is C20H20N6O2. The summed E-state index contributed by atoms with van der Waals surface area (Å²) in [4.78, 5) is 9.39. The van der Waals surface area contributed by atoms with Crippen LogP contribution >= 0.6 is 0 Å². The molecule has 2 aromatic heterocycles. The summed E-state index contributed by atoms with van der Waals surface area (Å²) in [7, 11) is 3.24. The first kappa shape index (κ1) is 16.6. The fraction of sp³-hybridized carbons (Fsp3) is 0.250. The normalized spacial score (nSPS) is 13.6. The Morgan fingerprint density at radius 3 is 2.64 bits per heavy atom. The quantitative estimate of drug-likeness (QED) is 0.470. The highest BCUT2D eigenvalue weighted by Gasteiger charge is 2.23. The Bertz CT molecular complexity index is 1170. The number of methoxy groups -OCH3 is 2. The number of nitrogens with one attached hydrogen (secondary N) is 3. The monoisotopic (exact) mass is 376 g/mol. The third-order valence-corrected chi connectivity index (χ3v) is 4.81. The van der Waals surface area contributed by atoms with Crippen LogP contribution in [-0.2, 0) is 0 Å². The first-order valence-corrected chi connectivity index (χ1v) is 9.14. The number of aromatic nitrogens is 4. The number of benzene rings is 2. The fourth-order valence-electron chi connectivity index (χ4n) is 3.18. The van der Waals surface area contributed by atoms with Crippen LogP contribution in [0.25, 0.3) is 21.8 Å². The molecular weight excluding hydrogens is 356 g/mol. The van der Waals surface area contributed by atoms with Gasteiger partial charge in [-0.1, -0.05) is 0 Å². The summed E-state index contributed by atoms with van der Waals surface area (Å²) in [6.45, 7) is 0. The minimum atomic E-state index is 0.452. The first-order valence-electron chi connectivity index (χ1n) is 9.14. The van der Waals surface area contributed by atoms with E-state index in [1.807, 2.05) is 30.3 Å². The van der Waals surface area contributed by atoms with Crippen LogP contribution in [0.1, 0.15) is 12.8 Å². The third-order valence-electron chi connectivity index (χ3n) is 4.81. The van der Waals surface area contributed by atoms with Gasteiger partial charge in [-0.25, -0.2) is 4.98 Å². The maximum absolute atomic E-state index is 5.47. The molecule has 0 amide bonds. The van der Waals surface area contributed by atoms with E-state index in [2.05, 4.69) is 25.8 Å². The van der Waals surface area contributed by atoms with Gasteiger partial charge >= 0.3 is 0 Å². The first-order chi connectivity index (χ1) is 13.7. The van der Waals surface area contributed by atoms with Gasteiger partial charge < -0.3 is 20.1 Å². The second kappa shape index (κ2) is 6.56. The largest absolute Gasteiger partial charge is 0.493 e. The number of hydrogen-bond donors (Lipinski definition) is 3. The van der Waals surface area contributed by atoms with Crippen LogP contribution in [0.3, 0.4) is 0 Å². The van der Waals surface area contributed by atoms with Crippen molar-refractivity contribution in [2.24, 2.45) is 0 Å². The van der Waals surface area contributed by atoms with Crippen molar-refractivity contribution >= 4 is 39.3 Å². The molecule has 1 aliphatic rings. The van der Waals surface area contributed by atoms with Crippen LogP contribution in [0, 0.1) is 0 Å². The van der Waals surface area contributed by atoms with Crippen molar-refractivity contribution in [2.45, 2.75) is 18.9 Å². The average Bonchev–Trinajstić information content (AvgIpc) is 3.40. The molecule has 142 valence electrons. The van der Waals surface area contributed by atoms with Gasteiger partial charge in [0.15, 0.2) is 11.5 Å². The van der Waals surface area contributed by atoms with Crippen molar-refractivity contribution < 1.29 is 9.47 Å². The van der Waals surface area contributed by atoms with Crippen LogP contribution in [0.5, 0.6) is 11.5 Å². The topological polar surface area (TPSA) is 97.0 Å². The zero-order chi connectivity index (χ0) is 19.1. The Hall–Kier alpha value is -3.55. The zero-order valence-electron chi connectivity index (χ0n) is 15.6. The summed E-state index contributed by atoms with van der Waals surface area (Å²) in [6.07, 6.45) is 4.09. The number of H-pyrrole nitrogens is 1. The zero-order valence-corrected chi connectivity index (χ0v) is 15.6. The standard InChI is InChI=1S/C20H20N6O2/c1-27-17-8-14-16(9-18(17)28-2)24-20(23-12-3-4-12)25-19(14)22-13-5-6-15-11(7-13)10-21-26-15/h5-10,12H,3-4H2,1-2H3,(H,21,26)(H2,22,23,24,25). The molecule has 0 saturated heterocycles. The van der Waals surface area contributed by atoms with Gasteiger partial charge in [-0.05, 0) is 37.1 Å². The van der Waals surface area contributed by atoms with Gasteiger partial charge in [0.1, 0.15) is 5.82 Å². The molecule has 5 rings (SSSR count). The molecule has 8 heteroatoms. The summed E-state index contributed by atoms with van der Waals surface area (Å²) >= 11 is 0. The Morgan fingerprint density at radius 1 is 1.04 bits per heavy atom. The van der Waals surface area contributed by atoms with Crippen LogP contribution in [0.4, 0.5) is 17.5 Å². The van der Waals surface area contributed by atoms with E-state index < -0.39 is 0 Å². The highest BCUT2D eigenvalue weighted by molar-refractivity contribution is 5.95. The summed E-state index contributed by atoms with van der Waals surface area (Å²) < 4.78 is 10.9. The van der Waals surface area contributed by atoms with Gasteiger partial charge in [-0.15, -0.1) is 0 Å². The average molecular weight is 376 g/mol. The van der Waals surface area contributed by atoms with Crippen molar-refractivity contribution in [2.75, 3.05) is 24.9 Å². The molecule has 1 fully saturated rings. The molecule has 0 unspecified atom stereocenters. The van der Waals surface area contributed by atoms with Crippen LogP contribution in [-0.4, -0.2) is 40.4 Å². The smallest absolute Gasteiger partial charge is 0.225 e. The Labute approximate surface area is 161 Å². The fourth-order valence-corrected chi connectivity index (χ4v) is 3.18. The van der Waals surface area contributed by atoms with Gasteiger partial charge in [0.05, 0.1) is 31.4 Å². The predicted molar refractivity (Wildman–Crippen MR) is 109 cm³/mol. The molecule has 3 N–H and O–H groups in total. The number of fused-ring (bicyclic) bond motifs is 2. The Kier molecular flexibility index (Phi) is 3.89. The summed E-state index contributed by atoms with van der Waals surface area (Å²) in [5.74, 6) is 2.58. The lowest BCUT2D eigenvalue weighted by Gasteiger charge is -2.14.